The first-order valence-corrected chi connectivity index (χ1v) is 7.90. The summed E-state index contributed by atoms with van der Waals surface area (Å²) in [7, 11) is 0. The Bertz CT molecular complexity index is 1040. The van der Waals surface area contributed by atoms with Crippen molar-refractivity contribution in [1.29, 1.82) is 0 Å². The second-order valence-electron chi connectivity index (χ2n) is 5.33. The van der Waals surface area contributed by atoms with Gasteiger partial charge in [-0.3, -0.25) is 9.59 Å². The highest BCUT2D eigenvalue weighted by Crippen LogP contribution is 2.31. The molecular weight excluding hydrogens is 367 g/mol. The molecule has 2 aromatic carbocycles. The van der Waals surface area contributed by atoms with Crippen LogP contribution in [0.3, 0.4) is 0 Å². The van der Waals surface area contributed by atoms with Gasteiger partial charge in [0, 0.05) is 15.9 Å². The number of nitrogens with one attached hydrogen (secondary N) is 1. The molecule has 0 saturated heterocycles. The van der Waals surface area contributed by atoms with Gasteiger partial charge >= 0.3 is 5.97 Å². The molecule has 3 aromatic rings. The van der Waals surface area contributed by atoms with Crippen LogP contribution in [-0.2, 0) is 4.84 Å². The van der Waals surface area contributed by atoms with E-state index in [1.807, 2.05) is 0 Å². The Morgan fingerprint density at radius 1 is 1.00 bits per heavy atom. The molecule has 0 aliphatic carbocycles. The minimum Gasteiger partial charge on any atom is -0.348 e. The molecule has 0 spiro atoms. The molecule has 1 N–H and O–H groups in total. The van der Waals surface area contributed by atoms with Crippen molar-refractivity contribution in [2.45, 2.75) is 0 Å². The van der Waals surface area contributed by atoms with E-state index in [4.69, 9.17) is 28.0 Å². The van der Waals surface area contributed by atoms with Crippen molar-refractivity contribution in [3.05, 3.63) is 69.3 Å². The lowest BCUT2D eigenvalue weighted by Gasteiger charge is -2.12. The van der Waals surface area contributed by atoms with Crippen LogP contribution < -0.4 is 0 Å². The van der Waals surface area contributed by atoms with Gasteiger partial charge in [0.2, 0.25) is 0 Å². The number of aromatic amines is 1. The summed E-state index contributed by atoms with van der Waals surface area (Å²) in [5.41, 5.74) is 0.851. The van der Waals surface area contributed by atoms with Crippen LogP contribution in [0.15, 0.2) is 42.5 Å². The fourth-order valence-corrected chi connectivity index (χ4v) is 3.10. The third kappa shape index (κ3) is 2.38. The molecule has 0 unspecified atom stereocenters. The highest BCUT2D eigenvalue weighted by molar-refractivity contribution is 6.39. The molecule has 0 atom stereocenters. The molecule has 8 heteroatoms. The smallest absolute Gasteiger partial charge is 0.348 e. The molecule has 0 radical (unpaired) electrons. The van der Waals surface area contributed by atoms with Gasteiger partial charge in [-0.2, -0.15) is 0 Å². The number of fused-ring (bicyclic) bond motifs is 2. The van der Waals surface area contributed by atoms with Crippen LogP contribution in [0.5, 0.6) is 0 Å². The number of benzene rings is 2. The number of H-pyrrole nitrogens is 1. The maximum atomic E-state index is 12.4. The predicted octanol–water partition coefficient (Wildman–Crippen LogP) is 3.84. The predicted molar refractivity (Wildman–Crippen MR) is 90.7 cm³/mol. The van der Waals surface area contributed by atoms with E-state index in [1.54, 1.807) is 30.3 Å². The molecule has 0 saturated carbocycles. The van der Waals surface area contributed by atoms with Crippen molar-refractivity contribution in [3.8, 4) is 0 Å². The van der Waals surface area contributed by atoms with Crippen LogP contribution in [0.4, 0.5) is 0 Å². The summed E-state index contributed by atoms with van der Waals surface area (Å²) in [5, 5.41) is 1.51. The topological polar surface area (TPSA) is 79.5 Å². The Morgan fingerprint density at radius 3 is 2.28 bits per heavy atom. The summed E-state index contributed by atoms with van der Waals surface area (Å²) in [6, 6.07) is 11.1. The summed E-state index contributed by atoms with van der Waals surface area (Å²) in [6.07, 6.45) is 0. The van der Waals surface area contributed by atoms with Gasteiger partial charge in [0.25, 0.3) is 11.8 Å². The number of aromatic nitrogens is 1. The fraction of sp³-hybridized carbons (Fsp3) is 0. The maximum absolute atomic E-state index is 12.4. The number of amides is 2. The summed E-state index contributed by atoms with van der Waals surface area (Å²) in [6.45, 7) is 0. The Kier molecular flexibility index (Phi) is 3.52. The van der Waals surface area contributed by atoms with E-state index in [2.05, 4.69) is 4.98 Å². The van der Waals surface area contributed by atoms with E-state index >= 15 is 0 Å². The molecule has 4 rings (SSSR count). The zero-order valence-corrected chi connectivity index (χ0v) is 13.9. The number of hydroxylamine groups is 2. The third-order valence-corrected chi connectivity index (χ3v) is 4.46. The Labute approximate surface area is 150 Å². The molecule has 0 fully saturated rings. The number of rotatable bonds is 2. The van der Waals surface area contributed by atoms with Crippen molar-refractivity contribution in [1.82, 2.24) is 10.0 Å². The average molecular weight is 375 g/mol. The van der Waals surface area contributed by atoms with E-state index < -0.39 is 17.8 Å². The summed E-state index contributed by atoms with van der Waals surface area (Å²) < 4.78 is 0. The zero-order chi connectivity index (χ0) is 17.7. The second-order valence-corrected chi connectivity index (χ2v) is 6.15. The van der Waals surface area contributed by atoms with Crippen LogP contribution in [0.1, 0.15) is 31.2 Å². The van der Waals surface area contributed by atoms with Gasteiger partial charge in [-0.1, -0.05) is 40.4 Å². The van der Waals surface area contributed by atoms with Crippen molar-refractivity contribution in [2.24, 2.45) is 0 Å². The molecule has 0 bridgehead atoms. The zero-order valence-electron chi connectivity index (χ0n) is 12.4. The van der Waals surface area contributed by atoms with E-state index in [1.165, 1.54) is 12.1 Å². The molecule has 6 nitrogen and oxygen atoms in total. The number of carbonyl (C=O) groups is 3. The van der Waals surface area contributed by atoms with Crippen LogP contribution in [-0.4, -0.2) is 27.8 Å². The maximum Gasteiger partial charge on any atom is 0.381 e. The molecule has 2 heterocycles. The quantitative estimate of drug-likeness (QED) is 0.691. The number of hydrogen-bond donors (Lipinski definition) is 1. The standard InChI is InChI=1S/C17H8Cl2N2O4/c18-8-5-6-12-11(7-8)13(19)14(20-12)17(24)25-21-15(22)9-3-1-2-4-10(9)16(21)23/h1-7,20H. The van der Waals surface area contributed by atoms with Gasteiger partial charge in [-0.15, -0.1) is 0 Å². The normalized spacial score (nSPS) is 13.4. The van der Waals surface area contributed by atoms with Crippen LogP contribution in [0, 0.1) is 0 Å². The number of hydrogen-bond acceptors (Lipinski definition) is 4. The SMILES string of the molecule is O=C(ON1C(=O)c2ccccc2C1=O)c1[nH]c2ccc(Cl)cc2c1Cl. The number of carbonyl (C=O) groups excluding carboxylic acids is 3. The number of imide groups is 1. The lowest BCUT2D eigenvalue weighted by atomic mass is 10.1. The van der Waals surface area contributed by atoms with Crippen LogP contribution in [0.25, 0.3) is 10.9 Å². The highest BCUT2D eigenvalue weighted by atomic mass is 35.5. The van der Waals surface area contributed by atoms with Crippen molar-refractivity contribution in [2.75, 3.05) is 0 Å². The lowest BCUT2D eigenvalue weighted by Crippen LogP contribution is -2.32. The molecule has 25 heavy (non-hydrogen) atoms. The van der Waals surface area contributed by atoms with Gasteiger partial charge in [-0.05, 0) is 30.3 Å². The third-order valence-electron chi connectivity index (χ3n) is 3.83. The van der Waals surface area contributed by atoms with Gasteiger partial charge in [-0.25, -0.2) is 4.79 Å². The Hall–Kier alpha value is -2.83. The summed E-state index contributed by atoms with van der Waals surface area (Å²) in [4.78, 5) is 44.7. The van der Waals surface area contributed by atoms with Crippen molar-refractivity contribution < 1.29 is 19.2 Å². The largest absolute Gasteiger partial charge is 0.381 e. The first kappa shape index (κ1) is 15.7. The molecule has 1 aliphatic heterocycles. The summed E-state index contributed by atoms with van der Waals surface area (Å²) in [5.74, 6) is -2.36. The minimum absolute atomic E-state index is 0.0736. The van der Waals surface area contributed by atoms with Gasteiger partial charge in [0.1, 0.15) is 5.69 Å². The highest BCUT2D eigenvalue weighted by Gasteiger charge is 2.39. The minimum atomic E-state index is -0.952. The lowest BCUT2D eigenvalue weighted by molar-refractivity contribution is -0.0587. The van der Waals surface area contributed by atoms with Gasteiger partial charge in [0.15, 0.2) is 0 Å². The molecule has 1 aliphatic rings. The average Bonchev–Trinajstić information content (AvgIpc) is 3.05. The van der Waals surface area contributed by atoms with Gasteiger partial charge < -0.3 is 9.82 Å². The van der Waals surface area contributed by atoms with E-state index in [-0.39, 0.29) is 21.8 Å². The first-order valence-electron chi connectivity index (χ1n) is 7.14. The molecule has 124 valence electrons. The van der Waals surface area contributed by atoms with Crippen molar-refractivity contribution >= 4 is 51.9 Å². The molecule has 2 amide bonds. The molecule has 1 aromatic heterocycles. The Morgan fingerprint density at radius 2 is 1.64 bits per heavy atom. The molecular formula is C17H8Cl2N2O4. The van der Waals surface area contributed by atoms with E-state index in [9.17, 15) is 14.4 Å². The van der Waals surface area contributed by atoms with Gasteiger partial charge in [0.05, 0.1) is 16.1 Å². The fourth-order valence-electron chi connectivity index (χ4n) is 2.65. The van der Waals surface area contributed by atoms with Crippen LogP contribution in [0.2, 0.25) is 10.0 Å². The summed E-state index contributed by atoms with van der Waals surface area (Å²) >= 11 is 12.1. The number of nitrogens with zero attached hydrogens (tertiary/aromatic N) is 1. The number of halogens is 2. The van der Waals surface area contributed by atoms with Crippen LogP contribution >= 0.6 is 23.2 Å². The van der Waals surface area contributed by atoms with Crippen molar-refractivity contribution in [3.63, 3.8) is 0 Å². The van der Waals surface area contributed by atoms with E-state index in [0.29, 0.717) is 21.0 Å². The second kappa shape index (κ2) is 5.61. The van der Waals surface area contributed by atoms with E-state index in [0.717, 1.165) is 0 Å². The monoisotopic (exact) mass is 374 g/mol. The Balaban J connectivity index is 1.67. The first-order chi connectivity index (χ1) is 12.0.